The fourth-order valence-electron chi connectivity index (χ4n) is 2.59. The Kier molecular flexibility index (Phi) is 6.96. The molecule has 2 atom stereocenters. The van der Waals surface area contributed by atoms with Crippen LogP contribution in [0.5, 0.6) is 5.75 Å². The van der Waals surface area contributed by atoms with Crippen molar-refractivity contribution >= 4 is 5.69 Å². The van der Waals surface area contributed by atoms with Gasteiger partial charge in [-0.25, -0.2) is 0 Å². The summed E-state index contributed by atoms with van der Waals surface area (Å²) in [5.74, 6) is 0.958. The van der Waals surface area contributed by atoms with Gasteiger partial charge in [0.05, 0.1) is 32.1 Å². The molecule has 2 rings (SSSR count). The highest BCUT2D eigenvalue weighted by Crippen LogP contribution is 2.30. The molecule has 0 amide bonds. The van der Waals surface area contributed by atoms with Crippen LogP contribution in [0.2, 0.25) is 0 Å². The number of ether oxygens (including phenoxy) is 2. The van der Waals surface area contributed by atoms with Crippen molar-refractivity contribution in [3.8, 4) is 5.75 Å². The number of benzene rings is 1. The fourth-order valence-corrected chi connectivity index (χ4v) is 2.59. The van der Waals surface area contributed by atoms with E-state index in [1.165, 1.54) is 5.56 Å². The summed E-state index contributed by atoms with van der Waals surface area (Å²) in [6, 6.07) is 6.76. The fraction of sp³-hybridized carbons (Fsp3) is 0.647. The van der Waals surface area contributed by atoms with Gasteiger partial charge in [-0.05, 0) is 37.5 Å². The molecule has 0 aliphatic carbocycles. The molecule has 22 heavy (non-hydrogen) atoms. The van der Waals surface area contributed by atoms with E-state index in [1.807, 2.05) is 0 Å². The molecule has 124 valence electrons. The number of anilines is 1. The van der Waals surface area contributed by atoms with E-state index in [4.69, 9.17) is 14.6 Å². The molecule has 5 nitrogen and oxygen atoms in total. The predicted molar refractivity (Wildman–Crippen MR) is 88.7 cm³/mol. The van der Waals surface area contributed by atoms with Gasteiger partial charge in [0, 0.05) is 12.6 Å². The molecular formula is C17H28N2O3. The summed E-state index contributed by atoms with van der Waals surface area (Å²) < 4.78 is 11.2. The Hall–Kier alpha value is -1.30. The zero-order valence-electron chi connectivity index (χ0n) is 13.6. The number of aliphatic hydroxyl groups excluding tert-OH is 1. The maximum absolute atomic E-state index is 8.64. The first-order valence-electron chi connectivity index (χ1n) is 8.18. The van der Waals surface area contributed by atoms with Gasteiger partial charge in [0.15, 0.2) is 0 Å². The monoisotopic (exact) mass is 308 g/mol. The standard InChI is InChI=1S/C17H28N2O3/c1-3-15-12-19-16-11-14(4-5-17(16)22-15)10-13(2)18-6-8-21-9-7-20/h4-5,11,13,15,18-20H,3,6-10,12H2,1-2H3. The summed E-state index contributed by atoms with van der Waals surface area (Å²) >= 11 is 0. The van der Waals surface area contributed by atoms with E-state index >= 15 is 0 Å². The largest absolute Gasteiger partial charge is 0.486 e. The van der Waals surface area contributed by atoms with E-state index in [-0.39, 0.29) is 12.7 Å². The first-order valence-corrected chi connectivity index (χ1v) is 8.18. The third-order valence-corrected chi connectivity index (χ3v) is 3.83. The van der Waals surface area contributed by atoms with Gasteiger partial charge in [0.1, 0.15) is 11.9 Å². The summed E-state index contributed by atoms with van der Waals surface area (Å²) in [5, 5.41) is 15.5. The van der Waals surface area contributed by atoms with Gasteiger partial charge in [-0.15, -0.1) is 0 Å². The van der Waals surface area contributed by atoms with Crippen LogP contribution in [0.3, 0.4) is 0 Å². The molecule has 3 N–H and O–H groups in total. The zero-order valence-corrected chi connectivity index (χ0v) is 13.6. The van der Waals surface area contributed by atoms with Crippen molar-refractivity contribution in [1.29, 1.82) is 0 Å². The van der Waals surface area contributed by atoms with Gasteiger partial charge in [0.2, 0.25) is 0 Å². The van der Waals surface area contributed by atoms with Gasteiger partial charge in [0.25, 0.3) is 0 Å². The summed E-state index contributed by atoms with van der Waals surface area (Å²) in [6.07, 6.45) is 2.26. The van der Waals surface area contributed by atoms with E-state index in [0.29, 0.717) is 19.3 Å². The summed E-state index contributed by atoms with van der Waals surface area (Å²) in [6.45, 7) is 7.10. The number of nitrogens with one attached hydrogen (secondary N) is 2. The van der Waals surface area contributed by atoms with E-state index < -0.39 is 0 Å². The van der Waals surface area contributed by atoms with Crippen LogP contribution >= 0.6 is 0 Å². The Morgan fingerprint density at radius 1 is 1.45 bits per heavy atom. The Balaban J connectivity index is 1.78. The van der Waals surface area contributed by atoms with Crippen molar-refractivity contribution in [3.63, 3.8) is 0 Å². The Morgan fingerprint density at radius 2 is 2.32 bits per heavy atom. The molecule has 1 heterocycles. The molecule has 0 spiro atoms. The first kappa shape index (κ1) is 17.1. The van der Waals surface area contributed by atoms with E-state index in [1.54, 1.807) is 0 Å². The van der Waals surface area contributed by atoms with Crippen molar-refractivity contribution in [1.82, 2.24) is 5.32 Å². The lowest BCUT2D eigenvalue weighted by molar-refractivity contribution is 0.0928. The number of hydrogen-bond donors (Lipinski definition) is 3. The van der Waals surface area contributed by atoms with Gasteiger partial charge in [-0.1, -0.05) is 13.0 Å². The second-order valence-corrected chi connectivity index (χ2v) is 5.75. The second-order valence-electron chi connectivity index (χ2n) is 5.75. The highest BCUT2D eigenvalue weighted by atomic mass is 16.5. The third-order valence-electron chi connectivity index (χ3n) is 3.83. The van der Waals surface area contributed by atoms with Crippen LogP contribution in [0.15, 0.2) is 18.2 Å². The molecule has 0 saturated heterocycles. The molecule has 1 aromatic rings. The molecule has 0 fully saturated rings. The quantitative estimate of drug-likeness (QED) is 0.607. The number of rotatable bonds is 9. The van der Waals surface area contributed by atoms with Gasteiger partial charge in [-0.3, -0.25) is 0 Å². The molecule has 0 saturated carbocycles. The van der Waals surface area contributed by atoms with Crippen molar-refractivity contribution in [2.75, 3.05) is 38.2 Å². The first-order chi connectivity index (χ1) is 10.7. The van der Waals surface area contributed by atoms with Crippen LogP contribution in [0.4, 0.5) is 5.69 Å². The molecule has 2 unspecified atom stereocenters. The minimum atomic E-state index is 0.0820. The number of hydrogen-bond acceptors (Lipinski definition) is 5. The van der Waals surface area contributed by atoms with Crippen molar-refractivity contribution < 1.29 is 14.6 Å². The molecule has 5 heteroatoms. The lowest BCUT2D eigenvalue weighted by atomic mass is 10.0. The van der Waals surface area contributed by atoms with Crippen molar-refractivity contribution in [3.05, 3.63) is 23.8 Å². The predicted octanol–water partition coefficient (Wildman–Crippen LogP) is 1.80. The van der Waals surface area contributed by atoms with Crippen LogP contribution in [-0.2, 0) is 11.2 Å². The average molecular weight is 308 g/mol. The minimum absolute atomic E-state index is 0.0820. The Bertz CT molecular complexity index is 454. The summed E-state index contributed by atoms with van der Waals surface area (Å²) in [7, 11) is 0. The lowest BCUT2D eigenvalue weighted by Crippen LogP contribution is -2.32. The molecule has 0 radical (unpaired) electrons. The maximum Gasteiger partial charge on any atom is 0.142 e. The maximum atomic E-state index is 8.64. The van der Waals surface area contributed by atoms with E-state index in [9.17, 15) is 0 Å². The molecule has 1 aromatic carbocycles. The molecule has 0 aromatic heterocycles. The van der Waals surface area contributed by atoms with Gasteiger partial charge >= 0.3 is 0 Å². The Labute approximate surface area is 133 Å². The highest BCUT2D eigenvalue weighted by Gasteiger charge is 2.17. The van der Waals surface area contributed by atoms with Crippen LogP contribution in [0.25, 0.3) is 0 Å². The van der Waals surface area contributed by atoms with Crippen LogP contribution in [0.1, 0.15) is 25.8 Å². The van der Waals surface area contributed by atoms with Crippen LogP contribution < -0.4 is 15.4 Å². The lowest BCUT2D eigenvalue weighted by Gasteiger charge is -2.27. The number of fused-ring (bicyclic) bond motifs is 1. The van der Waals surface area contributed by atoms with Gasteiger partial charge in [-0.2, -0.15) is 0 Å². The Morgan fingerprint density at radius 3 is 3.09 bits per heavy atom. The highest BCUT2D eigenvalue weighted by molar-refractivity contribution is 5.59. The zero-order chi connectivity index (χ0) is 15.8. The third kappa shape index (κ3) is 5.16. The molecular weight excluding hydrogens is 280 g/mol. The topological polar surface area (TPSA) is 62.8 Å². The van der Waals surface area contributed by atoms with E-state index in [2.05, 4.69) is 42.7 Å². The minimum Gasteiger partial charge on any atom is -0.486 e. The van der Waals surface area contributed by atoms with Crippen molar-refractivity contribution in [2.24, 2.45) is 0 Å². The number of aliphatic hydroxyl groups is 1. The SMILES string of the molecule is CCC1CNc2cc(CC(C)NCCOCCO)ccc2O1. The molecule has 1 aliphatic rings. The second kappa shape index (κ2) is 8.98. The smallest absolute Gasteiger partial charge is 0.142 e. The van der Waals surface area contributed by atoms with E-state index in [0.717, 1.165) is 37.4 Å². The normalized spacial score (nSPS) is 18.2. The molecule has 0 bridgehead atoms. The summed E-state index contributed by atoms with van der Waals surface area (Å²) in [4.78, 5) is 0. The summed E-state index contributed by atoms with van der Waals surface area (Å²) in [5.41, 5.74) is 2.39. The molecule has 1 aliphatic heterocycles. The van der Waals surface area contributed by atoms with Crippen molar-refractivity contribution in [2.45, 2.75) is 38.8 Å². The van der Waals surface area contributed by atoms with Gasteiger partial charge < -0.3 is 25.2 Å². The average Bonchev–Trinajstić information content (AvgIpc) is 2.54. The van der Waals surface area contributed by atoms with Crippen LogP contribution in [0, 0.1) is 0 Å². The van der Waals surface area contributed by atoms with Crippen LogP contribution in [-0.4, -0.2) is 50.2 Å².